The van der Waals surface area contributed by atoms with Crippen LogP contribution in [0.15, 0.2) is 30.3 Å². The van der Waals surface area contributed by atoms with Crippen molar-refractivity contribution < 1.29 is 9.90 Å². The number of nitrogens with zero attached hydrogens (tertiary/aromatic N) is 2. The number of aliphatic hydroxyl groups is 1. The summed E-state index contributed by atoms with van der Waals surface area (Å²) in [5.41, 5.74) is 1.06. The lowest BCUT2D eigenvalue weighted by molar-refractivity contribution is -0.138. The number of carbonyl (C=O) groups excluding carboxylic acids is 1. The van der Waals surface area contributed by atoms with Crippen LogP contribution >= 0.6 is 11.8 Å². The van der Waals surface area contributed by atoms with Gasteiger partial charge in [-0.25, -0.2) is 0 Å². The van der Waals surface area contributed by atoms with Crippen LogP contribution in [0.25, 0.3) is 0 Å². The molecule has 0 aromatic heterocycles. The summed E-state index contributed by atoms with van der Waals surface area (Å²) in [5.74, 6) is 2.39. The Morgan fingerprint density at radius 2 is 1.96 bits per heavy atom. The molecule has 0 bridgehead atoms. The zero-order chi connectivity index (χ0) is 16.2. The third kappa shape index (κ3) is 3.90. The third-order valence-corrected chi connectivity index (χ3v) is 6.16. The molecule has 1 aromatic carbocycles. The molecular formula is C18H26N2O2S. The van der Waals surface area contributed by atoms with Crippen LogP contribution in [0.1, 0.15) is 30.9 Å². The van der Waals surface area contributed by atoms with E-state index in [1.165, 1.54) is 0 Å². The molecule has 2 aliphatic rings. The first kappa shape index (κ1) is 16.8. The first-order valence-corrected chi connectivity index (χ1v) is 9.64. The second kappa shape index (κ2) is 7.69. The molecule has 2 atom stereocenters. The zero-order valence-corrected chi connectivity index (χ0v) is 14.5. The predicted molar refractivity (Wildman–Crippen MR) is 94.5 cm³/mol. The smallest absolute Gasteiger partial charge is 0.244 e. The minimum Gasteiger partial charge on any atom is -0.393 e. The molecule has 0 saturated carbocycles. The Morgan fingerprint density at radius 3 is 2.57 bits per heavy atom. The number of thioether (sulfide) groups is 1. The van der Waals surface area contributed by atoms with Gasteiger partial charge in [-0.2, -0.15) is 11.8 Å². The minimum atomic E-state index is -0.223. The number of rotatable bonds is 4. The summed E-state index contributed by atoms with van der Waals surface area (Å²) in [4.78, 5) is 17.4. The van der Waals surface area contributed by atoms with E-state index in [1.807, 2.05) is 54.0 Å². The Kier molecular flexibility index (Phi) is 5.62. The quantitative estimate of drug-likeness (QED) is 0.916. The van der Waals surface area contributed by atoms with Gasteiger partial charge in [0.25, 0.3) is 0 Å². The van der Waals surface area contributed by atoms with E-state index in [4.69, 9.17) is 0 Å². The molecule has 0 spiro atoms. The minimum absolute atomic E-state index is 0.195. The van der Waals surface area contributed by atoms with Crippen molar-refractivity contribution >= 4 is 17.7 Å². The van der Waals surface area contributed by atoms with Crippen molar-refractivity contribution in [1.82, 2.24) is 9.80 Å². The number of carbonyl (C=O) groups is 1. The van der Waals surface area contributed by atoms with Crippen molar-refractivity contribution in [3.05, 3.63) is 35.9 Å². The number of amides is 1. The number of aliphatic hydroxyl groups excluding tert-OH is 1. The maximum absolute atomic E-state index is 13.2. The standard InChI is InChI=1S/C18H26N2O2S/c1-19(15-9-12-23-13-15)18(22)17(14-5-3-2-4-6-14)20-10-7-16(21)8-11-20/h2-6,15-17,21H,7-13H2,1H3/t15-,17+/m1/s1. The molecule has 2 aliphatic heterocycles. The normalized spacial score (nSPS) is 24.5. The highest BCUT2D eigenvalue weighted by Crippen LogP contribution is 2.29. The molecule has 0 unspecified atom stereocenters. The number of hydrogen-bond acceptors (Lipinski definition) is 4. The van der Waals surface area contributed by atoms with Crippen molar-refractivity contribution in [3.8, 4) is 0 Å². The van der Waals surface area contributed by atoms with E-state index >= 15 is 0 Å². The van der Waals surface area contributed by atoms with Crippen LogP contribution in [0.2, 0.25) is 0 Å². The van der Waals surface area contributed by atoms with Crippen LogP contribution < -0.4 is 0 Å². The Morgan fingerprint density at radius 1 is 1.26 bits per heavy atom. The topological polar surface area (TPSA) is 43.8 Å². The summed E-state index contributed by atoms with van der Waals surface area (Å²) in [5, 5.41) is 9.77. The van der Waals surface area contributed by atoms with E-state index in [0.717, 1.165) is 49.4 Å². The molecule has 1 amide bonds. The Hall–Kier alpha value is -1.04. The molecule has 0 aliphatic carbocycles. The summed E-state index contributed by atoms with van der Waals surface area (Å²) in [6, 6.07) is 10.2. The lowest BCUT2D eigenvalue weighted by Crippen LogP contribution is -2.48. The highest BCUT2D eigenvalue weighted by atomic mass is 32.2. The molecular weight excluding hydrogens is 308 g/mol. The van der Waals surface area contributed by atoms with Crippen LogP contribution in [0, 0.1) is 0 Å². The van der Waals surface area contributed by atoms with Crippen molar-refractivity contribution in [3.63, 3.8) is 0 Å². The summed E-state index contributed by atoms with van der Waals surface area (Å²) in [7, 11) is 1.95. The zero-order valence-electron chi connectivity index (χ0n) is 13.7. The van der Waals surface area contributed by atoms with E-state index < -0.39 is 0 Å². The molecule has 2 heterocycles. The maximum atomic E-state index is 13.2. The maximum Gasteiger partial charge on any atom is 0.244 e. The summed E-state index contributed by atoms with van der Waals surface area (Å²) >= 11 is 1.93. The van der Waals surface area contributed by atoms with Crippen LogP contribution in [0.5, 0.6) is 0 Å². The van der Waals surface area contributed by atoms with Gasteiger partial charge in [0.15, 0.2) is 0 Å². The van der Waals surface area contributed by atoms with E-state index in [-0.39, 0.29) is 18.1 Å². The van der Waals surface area contributed by atoms with Gasteiger partial charge >= 0.3 is 0 Å². The Labute approximate surface area is 142 Å². The predicted octanol–water partition coefficient (Wildman–Crippen LogP) is 2.15. The lowest BCUT2D eigenvalue weighted by Gasteiger charge is -2.38. The van der Waals surface area contributed by atoms with E-state index in [0.29, 0.717) is 6.04 Å². The van der Waals surface area contributed by atoms with E-state index in [2.05, 4.69) is 4.90 Å². The van der Waals surface area contributed by atoms with Gasteiger partial charge in [0, 0.05) is 31.9 Å². The summed E-state index contributed by atoms with van der Waals surface area (Å²) < 4.78 is 0. The molecule has 23 heavy (non-hydrogen) atoms. The van der Waals surface area contributed by atoms with Crippen molar-refractivity contribution in [2.75, 3.05) is 31.6 Å². The van der Waals surface area contributed by atoms with Crippen LogP contribution in [0.3, 0.4) is 0 Å². The molecule has 5 heteroatoms. The summed E-state index contributed by atoms with van der Waals surface area (Å²) in [6.45, 7) is 1.56. The van der Waals surface area contributed by atoms with Crippen LogP contribution in [-0.4, -0.2) is 64.6 Å². The average molecular weight is 334 g/mol. The second-order valence-electron chi connectivity index (χ2n) is 6.55. The average Bonchev–Trinajstić information content (AvgIpc) is 3.11. The van der Waals surface area contributed by atoms with Crippen molar-refractivity contribution in [1.29, 1.82) is 0 Å². The van der Waals surface area contributed by atoms with Gasteiger partial charge < -0.3 is 10.0 Å². The van der Waals surface area contributed by atoms with Gasteiger partial charge in [0.1, 0.15) is 6.04 Å². The van der Waals surface area contributed by atoms with Gasteiger partial charge in [-0.15, -0.1) is 0 Å². The number of benzene rings is 1. The fourth-order valence-corrected chi connectivity index (χ4v) is 4.76. The summed E-state index contributed by atoms with van der Waals surface area (Å²) in [6.07, 6.45) is 2.37. The molecule has 0 radical (unpaired) electrons. The molecule has 4 nitrogen and oxygen atoms in total. The lowest BCUT2D eigenvalue weighted by atomic mass is 9.99. The fraction of sp³-hybridized carbons (Fsp3) is 0.611. The molecule has 2 saturated heterocycles. The van der Waals surface area contributed by atoms with Gasteiger partial charge in [0.2, 0.25) is 5.91 Å². The number of piperidine rings is 1. The molecule has 1 aromatic rings. The Bertz CT molecular complexity index is 511. The molecule has 2 fully saturated rings. The number of likely N-dealkylation sites (tertiary alicyclic amines) is 1. The van der Waals surface area contributed by atoms with Gasteiger partial charge in [-0.3, -0.25) is 9.69 Å². The third-order valence-electron chi connectivity index (χ3n) is 5.01. The van der Waals surface area contributed by atoms with Crippen molar-refractivity contribution in [2.45, 2.75) is 37.5 Å². The molecule has 1 N–H and O–H groups in total. The van der Waals surface area contributed by atoms with E-state index in [1.54, 1.807) is 0 Å². The first-order chi connectivity index (χ1) is 11.2. The van der Waals surface area contributed by atoms with Crippen LogP contribution in [-0.2, 0) is 4.79 Å². The Balaban J connectivity index is 1.81. The van der Waals surface area contributed by atoms with Gasteiger partial charge in [0.05, 0.1) is 6.10 Å². The molecule has 3 rings (SSSR count). The highest BCUT2D eigenvalue weighted by molar-refractivity contribution is 7.99. The van der Waals surface area contributed by atoms with Crippen molar-refractivity contribution in [2.24, 2.45) is 0 Å². The van der Waals surface area contributed by atoms with Gasteiger partial charge in [-0.1, -0.05) is 30.3 Å². The fourth-order valence-electron chi connectivity index (χ4n) is 3.49. The van der Waals surface area contributed by atoms with E-state index in [9.17, 15) is 9.90 Å². The SMILES string of the molecule is CN(C(=O)[C@H](c1ccccc1)N1CCC(O)CC1)[C@@H]1CCSC1. The van der Waals surface area contributed by atoms with Crippen LogP contribution in [0.4, 0.5) is 0 Å². The molecule has 126 valence electrons. The monoisotopic (exact) mass is 334 g/mol. The highest BCUT2D eigenvalue weighted by Gasteiger charge is 2.35. The van der Waals surface area contributed by atoms with Gasteiger partial charge in [-0.05, 0) is 30.6 Å². The first-order valence-electron chi connectivity index (χ1n) is 8.48. The largest absolute Gasteiger partial charge is 0.393 e. The number of hydrogen-bond donors (Lipinski definition) is 1. The number of likely N-dealkylation sites (N-methyl/N-ethyl adjacent to an activating group) is 1. The second-order valence-corrected chi connectivity index (χ2v) is 7.70.